The van der Waals surface area contributed by atoms with Crippen molar-refractivity contribution in [3.8, 4) is 0 Å². The first-order valence-electron chi connectivity index (χ1n) is 14.3. The van der Waals surface area contributed by atoms with E-state index in [1.807, 2.05) is 32.0 Å². The van der Waals surface area contributed by atoms with Crippen LogP contribution in [-0.4, -0.2) is 63.2 Å². The van der Waals surface area contributed by atoms with Gasteiger partial charge in [-0.2, -0.15) is 0 Å². The normalized spacial score (nSPS) is 36.5. The molecule has 11 atom stereocenters. The van der Waals surface area contributed by atoms with Gasteiger partial charge in [0.2, 0.25) is 0 Å². The summed E-state index contributed by atoms with van der Waals surface area (Å²) in [6.45, 7) is 14.8. The molecule has 2 aliphatic heterocycles. The second-order valence-corrected chi connectivity index (χ2v) is 11.6. The summed E-state index contributed by atoms with van der Waals surface area (Å²) in [4.78, 5) is 26.1. The van der Waals surface area contributed by atoms with Crippen LogP contribution in [-0.2, 0) is 33.2 Å². The third kappa shape index (κ3) is 6.84. The zero-order valence-corrected chi connectivity index (χ0v) is 25.0. The van der Waals surface area contributed by atoms with Gasteiger partial charge in [-0.3, -0.25) is 0 Å². The summed E-state index contributed by atoms with van der Waals surface area (Å²) in [5.41, 5.74) is 0.501. The van der Waals surface area contributed by atoms with Gasteiger partial charge in [0, 0.05) is 25.4 Å². The van der Waals surface area contributed by atoms with Crippen molar-refractivity contribution in [3.63, 3.8) is 0 Å². The Kier molecular flexibility index (Phi) is 11.0. The first-order chi connectivity index (χ1) is 18.5. The molecule has 2 heterocycles. The van der Waals surface area contributed by atoms with Gasteiger partial charge in [0.1, 0.15) is 6.10 Å². The summed E-state index contributed by atoms with van der Waals surface area (Å²) in [6.07, 6.45) is -0.469. The van der Waals surface area contributed by atoms with Crippen molar-refractivity contribution in [2.45, 2.75) is 91.7 Å². The molecular formula is C31H48O8. The second kappa shape index (κ2) is 13.6. The molecule has 8 heteroatoms. The molecule has 0 aliphatic carbocycles. The lowest BCUT2D eigenvalue weighted by Crippen LogP contribution is -2.59. The highest BCUT2D eigenvalue weighted by molar-refractivity contribution is 5.89. The molecule has 8 nitrogen and oxygen atoms in total. The molecular weight excluding hydrogens is 500 g/mol. The molecule has 3 unspecified atom stereocenters. The molecule has 0 aromatic heterocycles. The van der Waals surface area contributed by atoms with Crippen molar-refractivity contribution in [1.29, 1.82) is 0 Å². The van der Waals surface area contributed by atoms with Gasteiger partial charge in [0.05, 0.1) is 31.5 Å². The fourth-order valence-electron chi connectivity index (χ4n) is 6.05. The molecule has 1 aromatic carbocycles. The summed E-state index contributed by atoms with van der Waals surface area (Å²) in [6, 6.07) is 8.95. The lowest BCUT2D eigenvalue weighted by atomic mass is 9.76. The third-order valence-corrected chi connectivity index (χ3v) is 9.30. The van der Waals surface area contributed by atoms with Gasteiger partial charge >= 0.3 is 11.9 Å². The van der Waals surface area contributed by atoms with Crippen molar-refractivity contribution < 1.29 is 38.0 Å². The molecule has 0 amide bonds. The number of methoxy groups -OCH3 is 2. The minimum absolute atomic E-state index is 0.0861. The third-order valence-electron chi connectivity index (χ3n) is 9.30. The Morgan fingerprint density at radius 2 is 1.67 bits per heavy atom. The lowest BCUT2D eigenvalue weighted by Gasteiger charge is -2.49. The molecule has 2 saturated heterocycles. The summed E-state index contributed by atoms with van der Waals surface area (Å²) >= 11 is 0. The molecule has 2 aliphatic rings. The quantitative estimate of drug-likeness (QED) is 0.355. The van der Waals surface area contributed by atoms with E-state index in [-0.39, 0.29) is 54.6 Å². The standard InChI is InChI=1S/C31H48O8/c1-10-25(37-28(32)24-14-12-11-13-15-24)23(7)27-19(3)18(2)16-31(39-27,30(33)35-9)36-17-26-21(5)20(4)22(6)29(34-8)38-26/h11-15,18-23,25-27,29H,10,16-17H2,1-9H3/t18-,19-,20+,21+,22?,23-,25-,26?,27?,29+,31-/m1/s1. The van der Waals surface area contributed by atoms with Crippen LogP contribution in [0.4, 0.5) is 0 Å². The highest BCUT2D eigenvalue weighted by Crippen LogP contribution is 2.43. The van der Waals surface area contributed by atoms with E-state index in [1.165, 1.54) is 7.11 Å². The van der Waals surface area contributed by atoms with Gasteiger partial charge in [-0.05, 0) is 42.2 Å². The zero-order chi connectivity index (χ0) is 28.9. The molecule has 0 spiro atoms. The Morgan fingerprint density at radius 3 is 2.26 bits per heavy atom. The fourth-order valence-corrected chi connectivity index (χ4v) is 6.05. The topological polar surface area (TPSA) is 89.5 Å². The minimum Gasteiger partial charge on any atom is -0.465 e. The van der Waals surface area contributed by atoms with Crippen LogP contribution < -0.4 is 0 Å². The molecule has 0 saturated carbocycles. The highest BCUT2D eigenvalue weighted by atomic mass is 16.7. The maximum atomic E-state index is 13.3. The van der Waals surface area contributed by atoms with E-state index >= 15 is 0 Å². The number of ether oxygens (including phenoxy) is 6. The van der Waals surface area contributed by atoms with Gasteiger partial charge in [0.15, 0.2) is 6.29 Å². The number of hydrogen-bond donors (Lipinski definition) is 0. The Balaban J connectivity index is 1.81. The van der Waals surface area contributed by atoms with Crippen LogP contribution in [0, 0.1) is 35.5 Å². The number of carbonyl (C=O) groups is 2. The van der Waals surface area contributed by atoms with Crippen molar-refractivity contribution in [2.24, 2.45) is 35.5 Å². The average molecular weight is 549 g/mol. The van der Waals surface area contributed by atoms with Gasteiger partial charge in [0.25, 0.3) is 5.79 Å². The van der Waals surface area contributed by atoms with Crippen LogP contribution in [0.15, 0.2) is 30.3 Å². The van der Waals surface area contributed by atoms with Crippen LogP contribution in [0.3, 0.4) is 0 Å². The van der Waals surface area contributed by atoms with E-state index in [1.54, 1.807) is 19.2 Å². The Hall–Kier alpha value is -2.00. The predicted molar refractivity (Wildman–Crippen MR) is 147 cm³/mol. The Bertz CT molecular complexity index is 936. The van der Waals surface area contributed by atoms with Gasteiger partial charge in [-0.1, -0.05) is 66.7 Å². The number of hydrogen-bond acceptors (Lipinski definition) is 8. The van der Waals surface area contributed by atoms with Crippen molar-refractivity contribution >= 4 is 11.9 Å². The van der Waals surface area contributed by atoms with Crippen LogP contribution >= 0.6 is 0 Å². The van der Waals surface area contributed by atoms with E-state index < -0.39 is 24.0 Å². The molecule has 0 radical (unpaired) electrons. The first-order valence-corrected chi connectivity index (χ1v) is 14.3. The van der Waals surface area contributed by atoms with Crippen molar-refractivity contribution in [2.75, 3.05) is 20.8 Å². The van der Waals surface area contributed by atoms with Crippen LogP contribution in [0.2, 0.25) is 0 Å². The van der Waals surface area contributed by atoms with E-state index in [0.717, 1.165) is 0 Å². The molecule has 1 aromatic rings. The van der Waals surface area contributed by atoms with Gasteiger partial charge < -0.3 is 28.4 Å². The Labute approximate surface area is 234 Å². The van der Waals surface area contributed by atoms with Crippen LogP contribution in [0.1, 0.15) is 71.7 Å². The van der Waals surface area contributed by atoms with Crippen molar-refractivity contribution in [3.05, 3.63) is 35.9 Å². The molecule has 39 heavy (non-hydrogen) atoms. The fraction of sp³-hybridized carbons (Fsp3) is 0.742. The number of carbonyl (C=O) groups excluding carboxylic acids is 2. The summed E-state index contributed by atoms with van der Waals surface area (Å²) in [5.74, 6) is -1.78. The van der Waals surface area contributed by atoms with Crippen LogP contribution in [0.25, 0.3) is 0 Å². The van der Waals surface area contributed by atoms with Gasteiger partial charge in [-0.15, -0.1) is 0 Å². The summed E-state index contributed by atoms with van der Waals surface area (Å²) in [5, 5.41) is 0. The summed E-state index contributed by atoms with van der Waals surface area (Å²) in [7, 11) is 2.99. The predicted octanol–water partition coefficient (Wildman–Crippen LogP) is 5.48. The maximum Gasteiger partial charge on any atom is 0.366 e. The molecule has 220 valence electrons. The monoisotopic (exact) mass is 548 g/mol. The number of rotatable bonds is 10. The number of esters is 2. The zero-order valence-electron chi connectivity index (χ0n) is 25.0. The molecule has 0 bridgehead atoms. The smallest absolute Gasteiger partial charge is 0.366 e. The second-order valence-electron chi connectivity index (χ2n) is 11.6. The van der Waals surface area contributed by atoms with Crippen molar-refractivity contribution in [1.82, 2.24) is 0 Å². The maximum absolute atomic E-state index is 13.3. The molecule has 3 rings (SSSR count). The first kappa shape index (κ1) is 31.5. The van der Waals surface area contributed by atoms with Crippen LogP contribution in [0.5, 0.6) is 0 Å². The van der Waals surface area contributed by atoms with E-state index in [2.05, 4.69) is 34.6 Å². The van der Waals surface area contributed by atoms with E-state index in [9.17, 15) is 9.59 Å². The molecule has 2 fully saturated rings. The summed E-state index contributed by atoms with van der Waals surface area (Å²) < 4.78 is 36.0. The Morgan fingerprint density at radius 1 is 1.00 bits per heavy atom. The highest BCUT2D eigenvalue weighted by Gasteiger charge is 2.54. The van der Waals surface area contributed by atoms with E-state index in [0.29, 0.717) is 24.3 Å². The minimum atomic E-state index is -1.58. The van der Waals surface area contributed by atoms with E-state index in [4.69, 9.17) is 28.4 Å². The largest absolute Gasteiger partial charge is 0.465 e. The SMILES string of the molecule is CC[C@@H](OC(=O)c1ccccc1)[C@@H](C)C1O[C@@](OCC2O[C@H](OC)C(C)[C@@H](C)[C@@H]2C)(C(=O)OC)C[C@@H](C)[C@H]1C. The van der Waals surface area contributed by atoms with Gasteiger partial charge in [-0.25, -0.2) is 9.59 Å². The number of benzene rings is 1. The average Bonchev–Trinajstić information content (AvgIpc) is 2.95. The molecule has 0 N–H and O–H groups in total. The lowest BCUT2D eigenvalue weighted by molar-refractivity contribution is -0.322.